The Kier molecular flexibility index (Phi) is 4.43. The first kappa shape index (κ1) is 13.9. The van der Waals surface area contributed by atoms with Gasteiger partial charge < -0.3 is 14.0 Å². The maximum absolute atomic E-state index is 14.3. The van der Waals surface area contributed by atoms with E-state index >= 15 is 0 Å². The summed E-state index contributed by atoms with van der Waals surface area (Å²) in [6.07, 6.45) is 4.58. The second-order valence-electron chi connectivity index (χ2n) is 4.57. The van der Waals surface area contributed by atoms with Crippen LogP contribution >= 0.6 is 0 Å². The van der Waals surface area contributed by atoms with Crippen LogP contribution in [0.15, 0.2) is 24.5 Å². The zero-order chi connectivity index (χ0) is 13.8. The minimum Gasteiger partial charge on any atom is -0.494 e. The van der Waals surface area contributed by atoms with E-state index in [4.69, 9.17) is 4.74 Å². The number of aromatic nitrogens is 1. The molecular weight excluding hydrogens is 243 g/mol. The quantitative estimate of drug-likeness (QED) is 0.798. The topological polar surface area (TPSA) is 16.9 Å². The third-order valence-electron chi connectivity index (χ3n) is 3.62. The second-order valence-corrected chi connectivity index (χ2v) is 4.57. The van der Waals surface area contributed by atoms with Gasteiger partial charge in [-0.3, -0.25) is 0 Å². The highest BCUT2D eigenvalue weighted by Gasteiger charge is 2.13. The predicted octanol–water partition coefficient (Wildman–Crippen LogP) is 2.97. The third-order valence-corrected chi connectivity index (χ3v) is 3.62. The first-order chi connectivity index (χ1) is 9.21. The van der Waals surface area contributed by atoms with E-state index in [0.29, 0.717) is 11.3 Å². The van der Waals surface area contributed by atoms with Gasteiger partial charge in [-0.1, -0.05) is 13.8 Å². The number of pyridine rings is 1. The summed E-state index contributed by atoms with van der Waals surface area (Å²) in [6.45, 7) is 7.28. The lowest BCUT2D eigenvalue weighted by Crippen LogP contribution is -2.25. The van der Waals surface area contributed by atoms with E-state index in [2.05, 4.69) is 18.7 Å². The number of nitrogens with zero attached hydrogens (tertiary/aromatic N) is 2. The lowest BCUT2D eigenvalue weighted by atomic mass is 10.1. The molecule has 2 heterocycles. The van der Waals surface area contributed by atoms with Gasteiger partial charge in [0.2, 0.25) is 0 Å². The van der Waals surface area contributed by atoms with Gasteiger partial charge >= 0.3 is 0 Å². The first-order valence-corrected chi connectivity index (χ1v) is 6.75. The maximum atomic E-state index is 14.3. The molecule has 2 aromatic heterocycles. The highest BCUT2D eigenvalue weighted by molar-refractivity contribution is 5.60. The molecule has 104 valence electrons. The van der Waals surface area contributed by atoms with Crippen LogP contribution in [0.25, 0.3) is 5.52 Å². The SMILES string of the molecule is CCN(CC)CCc1ccn2ccc(OC)c(F)c12. The van der Waals surface area contributed by atoms with Crippen LogP contribution in [0.3, 0.4) is 0 Å². The molecule has 19 heavy (non-hydrogen) atoms. The molecule has 4 heteroatoms. The standard InChI is InChI=1S/C15H21FN2O/c1-4-17(5-2)9-6-12-7-10-18-11-8-13(19-3)14(16)15(12)18/h7-8,10-11H,4-6,9H2,1-3H3. The van der Waals surface area contributed by atoms with E-state index < -0.39 is 0 Å². The molecular formula is C15H21FN2O. The Labute approximate surface area is 113 Å². The minimum absolute atomic E-state index is 0.274. The van der Waals surface area contributed by atoms with Crippen LogP contribution in [0.4, 0.5) is 4.39 Å². The number of halogens is 1. The Hall–Kier alpha value is -1.55. The molecule has 0 saturated heterocycles. The fourth-order valence-corrected chi connectivity index (χ4v) is 2.38. The Bertz CT molecular complexity index is 546. The summed E-state index contributed by atoms with van der Waals surface area (Å²) in [4.78, 5) is 2.33. The van der Waals surface area contributed by atoms with Crippen LogP contribution in [0.2, 0.25) is 0 Å². The molecule has 0 unspecified atom stereocenters. The minimum atomic E-state index is -0.274. The smallest absolute Gasteiger partial charge is 0.189 e. The van der Waals surface area contributed by atoms with Crippen molar-refractivity contribution in [3.05, 3.63) is 35.9 Å². The van der Waals surface area contributed by atoms with Crippen molar-refractivity contribution in [1.82, 2.24) is 9.30 Å². The maximum Gasteiger partial charge on any atom is 0.189 e. The van der Waals surface area contributed by atoms with Crippen molar-refractivity contribution >= 4 is 5.52 Å². The average molecular weight is 264 g/mol. The largest absolute Gasteiger partial charge is 0.494 e. The number of hydrogen-bond donors (Lipinski definition) is 0. The van der Waals surface area contributed by atoms with Gasteiger partial charge in [0.1, 0.15) is 0 Å². The summed E-state index contributed by atoms with van der Waals surface area (Å²) in [5, 5.41) is 0. The molecule has 3 nitrogen and oxygen atoms in total. The summed E-state index contributed by atoms with van der Waals surface area (Å²) in [6, 6.07) is 3.64. The van der Waals surface area contributed by atoms with Crippen molar-refractivity contribution in [2.75, 3.05) is 26.7 Å². The van der Waals surface area contributed by atoms with Crippen LogP contribution in [0.1, 0.15) is 19.4 Å². The molecule has 0 N–H and O–H groups in total. The summed E-state index contributed by atoms with van der Waals surface area (Å²) in [7, 11) is 1.49. The summed E-state index contributed by atoms with van der Waals surface area (Å²) >= 11 is 0. The molecule has 2 rings (SSSR count). The Balaban J connectivity index is 2.28. The number of hydrogen-bond acceptors (Lipinski definition) is 2. The van der Waals surface area contributed by atoms with Crippen molar-refractivity contribution in [3.63, 3.8) is 0 Å². The van der Waals surface area contributed by atoms with E-state index in [1.54, 1.807) is 6.07 Å². The van der Waals surface area contributed by atoms with Crippen molar-refractivity contribution in [2.24, 2.45) is 0 Å². The molecule has 0 aromatic carbocycles. The van der Waals surface area contributed by atoms with Gasteiger partial charge in [-0.05, 0) is 37.2 Å². The average Bonchev–Trinajstić information content (AvgIpc) is 2.84. The predicted molar refractivity (Wildman–Crippen MR) is 75.4 cm³/mol. The molecule has 0 radical (unpaired) electrons. The number of methoxy groups -OCH3 is 1. The summed E-state index contributed by atoms with van der Waals surface area (Å²) < 4.78 is 21.2. The third kappa shape index (κ3) is 2.73. The Morgan fingerprint density at radius 3 is 2.53 bits per heavy atom. The molecule has 0 aliphatic carbocycles. The summed E-state index contributed by atoms with van der Waals surface area (Å²) in [5.41, 5.74) is 1.66. The number of ether oxygens (including phenoxy) is 1. The molecule has 2 aromatic rings. The van der Waals surface area contributed by atoms with Crippen molar-refractivity contribution < 1.29 is 9.13 Å². The monoisotopic (exact) mass is 264 g/mol. The van der Waals surface area contributed by atoms with Gasteiger partial charge in [0.15, 0.2) is 11.6 Å². The molecule has 0 fully saturated rings. The van der Waals surface area contributed by atoms with Gasteiger partial charge in [-0.2, -0.15) is 0 Å². The lowest BCUT2D eigenvalue weighted by Gasteiger charge is -2.17. The molecule has 0 amide bonds. The highest BCUT2D eigenvalue weighted by atomic mass is 19.1. The van der Waals surface area contributed by atoms with Gasteiger partial charge in [0, 0.05) is 18.9 Å². The fourth-order valence-electron chi connectivity index (χ4n) is 2.38. The number of rotatable bonds is 6. The van der Waals surface area contributed by atoms with Crippen LogP contribution in [0.5, 0.6) is 5.75 Å². The van der Waals surface area contributed by atoms with Crippen LogP contribution in [-0.2, 0) is 6.42 Å². The van der Waals surface area contributed by atoms with Gasteiger partial charge in [-0.25, -0.2) is 4.39 Å². The second kappa shape index (κ2) is 6.06. The van der Waals surface area contributed by atoms with E-state index in [9.17, 15) is 4.39 Å². The van der Waals surface area contributed by atoms with E-state index in [0.717, 1.165) is 31.6 Å². The van der Waals surface area contributed by atoms with Gasteiger partial charge in [-0.15, -0.1) is 0 Å². The summed E-state index contributed by atoms with van der Waals surface area (Å²) in [5.74, 6) is 0.0276. The molecule has 0 spiro atoms. The van der Waals surface area contributed by atoms with Crippen LogP contribution in [0, 0.1) is 5.82 Å². The van der Waals surface area contributed by atoms with E-state index in [1.807, 2.05) is 22.9 Å². The molecule has 0 saturated carbocycles. The van der Waals surface area contributed by atoms with Crippen LogP contribution in [-0.4, -0.2) is 36.0 Å². The van der Waals surface area contributed by atoms with Gasteiger partial charge in [0.25, 0.3) is 0 Å². The first-order valence-electron chi connectivity index (χ1n) is 6.75. The van der Waals surface area contributed by atoms with Crippen molar-refractivity contribution in [3.8, 4) is 5.75 Å². The number of fused-ring (bicyclic) bond motifs is 1. The van der Waals surface area contributed by atoms with E-state index in [1.165, 1.54) is 7.11 Å². The van der Waals surface area contributed by atoms with Crippen LogP contribution < -0.4 is 4.74 Å². The Morgan fingerprint density at radius 2 is 1.89 bits per heavy atom. The Morgan fingerprint density at radius 1 is 1.21 bits per heavy atom. The van der Waals surface area contributed by atoms with E-state index in [-0.39, 0.29) is 5.82 Å². The zero-order valence-corrected chi connectivity index (χ0v) is 11.8. The van der Waals surface area contributed by atoms with Gasteiger partial charge in [0.05, 0.1) is 12.6 Å². The van der Waals surface area contributed by atoms with Crippen molar-refractivity contribution in [1.29, 1.82) is 0 Å². The number of likely N-dealkylation sites (N-methyl/N-ethyl adjacent to an activating group) is 1. The molecule has 0 bridgehead atoms. The lowest BCUT2D eigenvalue weighted by molar-refractivity contribution is 0.308. The normalized spacial score (nSPS) is 11.4. The fraction of sp³-hybridized carbons (Fsp3) is 0.467. The molecule has 0 aliphatic rings. The van der Waals surface area contributed by atoms with Crippen molar-refractivity contribution in [2.45, 2.75) is 20.3 Å². The molecule has 0 aliphatic heterocycles. The zero-order valence-electron chi connectivity index (χ0n) is 11.8. The molecule has 0 atom stereocenters. The highest BCUT2D eigenvalue weighted by Crippen LogP contribution is 2.25.